The van der Waals surface area contributed by atoms with Crippen LogP contribution in [0.4, 0.5) is 4.39 Å². The molecular weight excluding hydrogens is 355 g/mol. The molecule has 7 heteroatoms. The number of rotatable bonds is 5. The highest BCUT2D eigenvalue weighted by atomic mass is 32.2. The zero-order valence-electron chi connectivity index (χ0n) is 15.2. The van der Waals surface area contributed by atoms with Gasteiger partial charge in [-0.2, -0.15) is 0 Å². The van der Waals surface area contributed by atoms with Crippen LogP contribution >= 0.6 is 0 Å². The van der Waals surface area contributed by atoms with Crippen LogP contribution in [-0.2, 0) is 10.0 Å². The molecule has 0 spiro atoms. The molecule has 0 aliphatic carbocycles. The van der Waals surface area contributed by atoms with Crippen molar-refractivity contribution < 1.29 is 12.8 Å². The molecule has 0 radical (unpaired) electrons. The molecule has 1 aliphatic heterocycles. The first-order valence-electron chi connectivity index (χ1n) is 8.92. The van der Waals surface area contributed by atoms with E-state index >= 15 is 0 Å². The molecule has 25 heavy (non-hydrogen) atoms. The van der Waals surface area contributed by atoms with Crippen LogP contribution in [0.25, 0.3) is 10.9 Å². The van der Waals surface area contributed by atoms with E-state index < -0.39 is 23.9 Å². The highest BCUT2D eigenvalue weighted by Crippen LogP contribution is 2.34. The molecule has 1 aromatic carbocycles. The lowest BCUT2D eigenvalue weighted by Gasteiger charge is -2.22. The Kier molecular flexibility index (Phi) is 5.10. The van der Waals surface area contributed by atoms with Crippen molar-refractivity contribution >= 4 is 29.0 Å². The molecule has 0 atom stereocenters. The molecule has 0 bridgehead atoms. The number of nitrogens with one attached hydrogen (secondary N) is 1. The molecule has 0 saturated carbocycles. The summed E-state index contributed by atoms with van der Waals surface area (Å²) in [5.41, 5.74) is 1.51. The third-order valence-corrected chi connectivity index (χ3v) is 8.69. The van der Waals surface area contributed by atoms with Gasteiger partial charge in [0, 0.05) is 19.7 Å². The lowest BCUT2D eigenvalue weighted by atomic mass is 9.90. The van der Waals surface area contributed by atoms with Crippen molar-refractivity contribution in [2.75, 3.05) is 18.8 Å². The Morgan fingerprint density at radius 1 is 1.24 bits per heavy atom. The quantitative estimate of drug-likeness (QED) is 0.801. The number of halogens is 1. The fourth-order valence-electron chi connectivity index (χ4n) is 3.42. The molecule has 1 aromatic heterocycles. The van der Waals surface area contributed by atoms with Gasteiger partial charge in [0.05, 0.1) is 11.3 Å². The highest BCUT2D eigenvalue weighted by molar-refractivity contribution is 7.90. The van der Waals surface area contributed by atoms with Gasteiger partial charge in [-0.15, -0.1) is 0 Å². The first kappa shape index (κ1) is 18.6. The van der Waals surface area contributed by atoms with Gasteiger partial charge in [-0.25, -0.2) is 16.8 Å². The maximum atomic E-state index is 13.8. The van der Waals surface area contributed by atoms with Crippen molar-refractivity contribution in [1.29, 1.82) is 0 Å². The van der Waals surface area contributed by atoms with Crippen molar-refractivity contribution in [2.45, 2.75) is 44.4 Å². The maximum Gasteiger partial charge on any atom is 0.238 e. The summed E-state index contributed by atoms with van der Waals surface area (Å²) >= 11 is 0. The summed E-state index contributed by atoms with van der Waals surface area (Å²) in [5.74, 6) is 0.0426. The van der Waals surface area contributed by atoms with E-state index in [4.69, 9.17) is 0 Å². The van der Waals surface area contributed by atoms with Crippen molar-refractivity contribution in [1.82, 2.24) is 9.29 Å². The average Bonchev–Trinajstić information content (AvgIpc) is 2.93. The second-order valence-corrected chi connectivity index (χ2v) is 15.8. The summed E-state index contributed by atoms with van der Waals surface area (Å²) in [6.45, 7) is 8.35. The first-order valence-corrected chi connectivity index (χ1v) is 14.2. The molecule has 1 N–H and O–H groups in total. The molecule has 4 nitrogen and oxygen atoms in total. The Morgan fingerprint density at radius 2 is 1.92 bits per heavy atom. The Labute approximate surface area is 150 Å². The molecule has 3 rings (SSSR count). The average molecular weight is 383 g/mol. The Hall–Kier alpha value is -1.18. The lowest BCUT2D eigenvalue weighted by molar-refractivity contribution is 0.462. The standard InChI is InChI=1S/C18H27FN2O2SSi/c1-25(2,3)11-10-24(22,23)21-13-17(14-6-8-20-9-7-14)16-5-4-15(19)12-18(16)21/h4-5,12-14,20H,6-11H2,1-3H3. The van der Waals surface area contributed by atoms with E-state index in [9.17, 15) is 12.8 Å². The third-order valence-electron chi connectivity index (χ3n) is 4.95. The van der Waals surface area contributed by atoms with Gasteiger partial charge in [0.1, 0.15) is 5.82 Å². The van der Waals surface area contributed by atoms with Crippen LogP contribution in [-0.4, -0.2) is 39.3 Å². The predicted octanol–water partition coefficient (Wildman–Crippen LogP) is 3.76. The molecule has 1 aliphatic rings. The zero-order valence-corrected chi connectivity index (χ0v) is 17.0. The Morgan fingerprint density at radius 3 is 2.56 bits per heavy atom. The lowest BCUT2D eigenvalue weighted by Crippen LogP contribution is -2.27. The van der Waals surface area contributed by atoms with E-state index in [1.165, 1.54) is 16.1 Å². The van der Waals surface area contributed by atoms with Crippen LogP contribution in [0.3, 0.4) is 0 Å². The van der Waals surface area contributed by atoms with Crippen LogP contribution in [0.15, 0.2) is 24.4 Å². The van der Waals surface area contributed by atoms with Crippen LogP contribution in [0.1, 0.15) is 24.3 Å². The predicted molar refractivity (Wildman–Crippen MR) is 104 cm³/mol. The number of nitrogens with zero attached hydrogens (tertiary/aromatic N) is 1. The smallest absolute Gasteiger partial charge is 0.238 e. The van der Waals surface area contributed by atoms with Crippen LogP contribution in [0, 0.1) is 5.82 Å². The summed E-state index contributed by atoms with van der Waals surface area (Å²) in [6.07, 6.45) is 3.70. The number of hydrogen-bond donors (Lipinski definition) is 1. The minimum Gasteiger partial charge on any atom is -0.317 e. The van der Waals surface area contributed by atoms with Gasteiger partial charge in [0.25, 0.3) is 0 Å². The second kappa shape index (κ2) is 6.85. The summed E-state index contributed by atoms with van der Waals surface area (Å²) in [7, 11) is -4.96. The van der Waals surface area contributed by atoms with Crippen molar-refractivity contribution in [3.8, 4) is 0 Å². The molecule has 1 saturated heterocycles. The fourth-order valence-corrected chi connectivity index (χ4v) is 7.82. The van der Waals surface area contributed by atoms with E-state index in [-0.39, 0.29) is 5.75 Å². The van der Waals surface area contributed by atoms with Crippen LogP contribution < -0.4 is 5.32 Å². The molecule has 1 fully saturated rings. The number of benzene rings is 1. The third kappa shape index (κ3) is 4.15. The Bertz CT molecular complexity index is 865. The fraction of sp³-hybridized carbons (Fsp3) is 0.556. The normalized spacial score (nSPS) is 17.3. The Balaban J connectivity index is 2.06. The van der Waals surface area contributed by atoms with E-state index in [0.717, 1.165) is 36.9 Å². The van der Waals surface area contributed by atoms with Gasteiger partial charge in [-0.3, -0.25) is 0 Å². The molecule has 2 aromatic rings. The van der Waals surface area contributed by atoms with Crippen molar-refractivity contribution in [3.63, 3.8) is 0 Å². The number of piperidine rings is 1. The molecule has 2 heterocycles. The number of aromatic nitrogens is 1. The van der Waals surface area contributed by atoms with Crippen molar-refractivity contribution in [3.05, 3.63) is 35.8 Å². The summed E-state index contributed by atoms with van der Waals surface area (Å²) in [5, 5.41) is 4.20. The van der Waals surface area contributed by atoms with Gasteiger partial charge < -0.3 is 5.32 Å². The van der Waals surface area contributed by atoms with Crippen molar-refractivity contribution in [2.24, 2.45) is 0 Å². The largest absolute Gasteiger partial charge is 0.317 e. The molecule has 138 valence electrons. The second-order valence-electron chi connectivity index (χ2n) is 8.19. The monoisotopic (exact) mass is 382 g/mol. The first-order chi connectivity index (χ1) is 11.7. The van der Waals surface area contributed by atoms with Crippen LogP contribution in [0.2, 0.25) is 25.7 Å². The van der Waals surface area contributed by atoms with Gasteiger partial charge >= 0.3 is 0 Å². The molecule has 0 amide bonds. The van der Waals surface area contributed by atoms with E-state index in [1.54, 1.807) is 12.3 Å². The molecule has 0 unspecified atom stereocenters. The summed E-state index contributed by atoms with van der Waals surface area (Å²) < 4.78 is 41.1. The van der Waals surface area contributed by atoms with Gasteiger partial charge in [0.2, 0.25) is 10.0 Å². The highest BCUT2D eigenvalue weighted by Gasteiger charge is 2.26. The number of fused-ring (bicyclic) bond motifs is 1. The van der Waals surface area contributed by atoms with Gasteiger partial charge in [-0.05, 0) is 61.7 Å². The van der Waals surface area contributed by atoms with Gasteiger partial charge in [0.15, 0.2) is 0 Å². The summed E-state index contributed by atoms with van der Waals surface area (Å²) in [4.78, 5) is 0. The SMILES string of the molecule is C[Si](C)(C)CCS(=O)(=O)n1cc(C2CCNCC2)c2ccc(F)cc21. The summed E-state index contributed by atoms with van der Waals surface area (Å²) in [6, 6.07) is 5.21. The van der Waals surface area contributed by atoms with Gasteiger partial charge in [-0.1, -0.05) is 19.6 Å². The minimum absolute atomic E-state index is 0.120. The van der Waals surface area contributed by atoms with E-state index in [0.29, 0.717) is 17.5 Å². The minimum atomic E-state index is -3.49. The topological polar surface area (TPSA) is 51.1 Å². The van der Waals surface area contributed by atoms with E-state index in [2.05, 4.69) is 25.0 Å². The maximum absolute atomic E-state index is 13.8. The molecular formula is C18H27FN2O2SSi. The zero-order chi connectivity index (χ0) is 18.2. The number of hydrogen-bond acceptors (Lipinski definition) is 3. The van der Waals surface area contributed by atoms with Crippen LogP contribution in [0.5, 0.6) is 0 Å². The van der Waals surface area contributed by atoms with E-state index in [1.807, 2.05) is 0 Å².